The Morgan fingerprint density at radius 1 is 0.814 bits per heavy atom. The fraction of sp³-hybridized carbons (Fsp3) is 0.622. The van der Waals surface area contributed by atoms with Crippen molar-refractivity contribution in [2.45, 2.75) is 135 Å². The third-order valence-corrected chi connectivity index (χ3v) is 20.7. The first-order valence-electron chi connectivity index (χ1n) is 16.8. The number of unbranched alkanes of at least 4 members (excludes halogenated alkanes) is 2. The van der Waals surface area contributed by atoms with Crippen LogP contribution < -0.4 is 10.4 Å². The van der Waals surface area contributed by atoms with Crippen LogP contribution in [0.4, 0.5) is 0 Å². The Morgan fingerprint density at radius 2 is 1.35 bits per heavy atom. The minimum Gasteiger partial charge on any atom is -0.495 e. The van der Waals surface area contributed by atoms with Gasteiger partial charge in [-0.1, -0.05) is 129 Å². The van der Waals surface area contributed by atoms with Gasteiger partial charge in [0.05, 0.1) is 11.9 Å². The molecule has 1 N–H and O–H groups in total. The second-order valence-electron chi connectivity index (χ2n) is 14.4. The van der Waals surface area contributed by atoms with E-state index in [9.17, 15) is 5.11 Å². The van der Waals surface area contributed by atoms with Crippen LogP contribution in [0.25, 0.3) is 0 Å². The van der Waals surface area contributed by atoms with Crippen molar-refractivity contribution in [3.8, 4) is 0 Å². The lowest BCUT2D eigenvalue weighted by Gasteiger charge is -2.46. The Morgan fingerprint density at radius 3 is 1.81 bits per heavy atom. The molecule has 0 spiro atoms. The molecule has 0 unspecified atom stereocenters. The minimum atomic E-state index is -2.60. The number of rotatable bonds is 16. The summed E-state index contributed by atoms with van der Waals surface area (Å²) in [6.07, 6.45) is 7.87. The number of hydrogen-bond acceptors (Lipinski definition) is 4. The summed E-state index contributed by atoms with van der Waals surface area (Å²) >= 11 is 0. The minimum absolute atomic E-state index is 0.0520. The number of aliphatic hydroxyl groups excluding tert-OH is 1. The third kappa shape index (κ3) is 8.52. The molecule has 0 aromatic heterocycles. The van der Waals surface area contributed by atoms with E-state index in [4.69, 9.17) is 13.6 Å². The smallest absolute Gasteiger partial charge is 0.261 e. The molecule has 2 atom stereocenters. The molecule has 1 aliphatic heterocycles. The van der Waals surface area contributed by atoms with E-state index in [1.54, 1.807) is 0 Å². The SMILES string of the molecule is CC(C)[Si](O[C@@H]1C=C(CCCCCO)O[C@@H](CCO[Si](c2ccccc2)(c2ccccc2)C(C)(C)C)C1)(C(C)C)C(C)C. The summed E-state index contributed by atoms with van der Waals surface area (Å²) in [7, 11) is -4.65. The first-order chi connectivity index (χ1) is 20.4. The molecule has 0 fully saturated rings. The molecule has 0 aliphatic carbocycles. The Balaban J connectivity index is 1.87. The summed E-state index contributed by atoms with van der Waals surface area (Å²) in [6, 6.07) is 21.8. The van der Waals surface area contributed by atoms with Crippen LogP contribution in [0.3, 0.4) is 0 Å². The number of allylic oxidation sites excluding steroid dienone is 1. The maximum absolute atomic E-state index is 9.28. The van der Waals surface area contributed by atoms with E-state index in [2.05, 4.69) is 129 Å². The molecule has 0 bridgehead atoms. The van der Waals surface area contributed by atoms with Gasteiger partial charge in [-0.3, -0.25) is 0 Å². The largest absolute Gasteiger partial charge is 0.495 e. The molecule has 3 rings (SSSR count). The van der Waals surface area contributed by atoms with Crippen LogP contribution in [0.2, 0.25) is 21.7 Å². The zero-order valence-electron chi connectivity index (χ0n) is 28.6. The molecule has 43 heavy (non-hydrogen) atoms. The van der Waals surface area contributed by atoms with Gasteiger partial charge in [-0.2, -0.15) is 0 Å². The van der Waals surface area contributed by atoms with Crippen molar-refractivity contribution >= 4 is 27.0 Å². The fourth-order valence-electron chi connectivity index (χ4n) is 7.60. The summed E-state index contributed by atoms with van der Waals surface area (Å²) in [5.74, 6) is 1.06. The van der Waals surface area contributed by atoms with E-state index in [1.165, 1.54) is 10.4 Å². The summed E-state index contributed by atoms with van der Waals surface area (Å²) in [6.45, 7) is 22.1. The highest BCUT2D eigenvalue weighted by Gasteiger charge is 2.50. The van der Waals surface area contributed by atoms with Gasteiger partial charge in [-0.25, -0.2) is 0 Å². The summed E-state index contributed by atoms with van der Waals surface area (Å²) in [4.78, 5) is 0. The first kappa shape index (κ1) is 35.8. The number of hydrogen-bond donors (Lipinski definition) is 1. The summed E-state index contributed by atoms with van der Waals surface area (Å²) in [5.41, 5.74) is 1.61. The van der Waals surface area contributed by atoms with E-state index in [-0.39, 0.29) is 23.9 Å². The van der Waals surface area contributed by atoms with Crippen molar-refractivity contribution < 1.29 is 18.7 Å². The molecular formula is C37H60O4Si2. The van der Waals surface area contributed by atoms with Crippen molar-refractivity contribution in [2.75, 3.05) is 13.2 Å². The number of ether oxygens (including phenoxy) is 1. The lowest BCUT2D eigenvalue weighted by atomic mass is 10.0. The van der Waals surface area contributed by atoms with Gasteiger partial charge < -0.3 is 18.7 Å². The van der Waals surface area contributed by atoms with Crippen LogP contribution >= 0.6 is 0 Å². The van der Waals surface area contributed by atoms with E-state index >= 15 is 0 Å². The maximum atomic E-state index is 9.28. The van der Waals surface area contributed by atoms with Gasteiger partial charge in [0.25, 0.3) is 8.32 Å². The molecule has 2 aromatic carbocycles. The third-order valence-electron chi connectivity index (χ3n) is 9.50. The van der Waals surface area contributed by atoms with Gasteiger partial charge >= 0.3 is 0 Å². The van der Waals surface area contributed by atoms with Gasteiger partial charge in [0.15, 0.2) is 0 Å². The Labute approximate surface area is 265 Å². The highest BCUT2D eigenvalue weighted by molar-refractivity contribution is 6.99. The molecule has 0 saturated carbocycles. The maximum Gasteiger partial charge on any atom is 0.261 e. The van der Waals surface area contributed by atoms with Crippen molar-refractivity contribution in [3.63, 3.8) is 0 Å². The van der Waals surface area contributed by atoms with E-state index in [0.717, 1.165) is 44.3 Å². The first-order valence-corrected chi connectivity index (χ1v) is 20.8. The van der Waals surface area contributed by atoms with Gasteiger partial charge in [0, 0.05) is 32.5 Å². The van der Waals surface area contributed by atoms with Gasteiger partial charge in [-0.15, -0.1) is 0 Å². The molecule has 0 radical (unpaired) electrons. The zero-order valence-corrected chi connectivity index (χ0v) is 30.6. The van der Waals surface area contributed by atoms with Crippen LogP contribution in [-0.4, -0.2) is 47.2 Å². The van der Waals surface area contributed by atoms with E-state index in [0.29, 0.717) is 23.2 Å². The van der Waals surface area contributed by atoms with E-state index < -0.39 is 16.6 Å². The standard InChI is InChI=1S/C37H60O4Si2/c1-29(2)42(30(3)4,31(5)6)41-34-27-32(19-13-12-18-25-38)40-33(28-34)24-26-39-43(37(7,8)9,35-20-14-10-15-21-35)36-22-16-11-17-23-36/h10-11,14-17,20-23,27,29-31,33-34,38H,12-13,18-19,24-26,28H2,1-9H3/t33-,34+/m0/s1. The monoisotopic (exact) mass is 624 g/mol. The van der Waals surface area contributed by atoms with E-state index in [1.807, 2.05) is 0 Å². The summed E-state index contributed by atoms with van der Waals surface area (Å²) < 4.78 is 21.2. The Hall–Kier alpha value is -1.71. The van der Waals surface area contributed by atoms with Crippen molar-refractivity contribution in [3.05, 3.63) is 72.5 Å². The number of aliphatic hydroxyl groups is 1. The molecule has 0 saturated heterocycles. The van der Waals surface area contributed by atoms with Crippen LogP contribution in [0, 0.1) is 0 Å². The molecule has 2 aromatic rings. The van der Waals surface area contributed by atoms with Crippen molar-refractivity contribution in [1.82, 2.24) is 0 Å². The average Bonchev–Trinajstić information content (AvgIpc) is 2.96. The summed E-state index contributed by atoms with van der Waals surface area (Å²) in [5, 5.41) is 11.9. The molecule has 1 aliphatic rings. The van der Waals surface area contributed by atoms with Crippen LogP contribution in [0.15, 0.2) is 72.5 Å². The Bertz CT molecular complexity index is 1050. The molecular weight excluding hydrogens is 565 g/mol. The average molecular weight is 625 g/mol. The quantitative estimate of drug-likeness (QED) is 0.150. The zero-order chi connectivity index (χ0) is 31.7. The lowest BCUT2D eigenvalue weighted by molar-refractivity contribution is 0.0281. The van der Waals surface area contributed by atoms with Gasteiger partial charge in [-0.05, 0) is 51.0 Å². The molecule has 240 valence electrons. The second kappa shape index (κ2) is 16.0. The highest BCUT2D eigenvalue weighted by atomic mass is 28.4. The van der Waals surface area contributed by atoms with Crippen LogP contribution in [0.5, 0.6) is 0 Å². The van der Waals surface area contributed by atoms with Crippen molar-refractivity contribution in [1.29, 1.82) is 0 Å². The lowest BCUT2D eigenvalue weighted by Crippen LogP contribution is -2.66. The number of benzene rings is 2. The van der Waals surface area contributed by atoms with Crippen LogP contribution in [-0.2, 0) is 13.6 Å². The van der Waals surface area contributed by atoms with Gasteiger partial charge in [0.1, 0.15) is 6.10 Å². The molecule has 1 heterocycles. The Kier molecular flexibility index (Phi) is 13.3. The fourth-order valence-corrected chi connectivity index (χ4v) is 17.7. The molecule has 4 nitrogen and oxygen atoms in total. The predicted octanol–water partition coefficient (Wildman–Crippen LogP) is 8.74. The molecule has 0 amide bonds. The van der Waals surface area contributed by atoms with Gasteiger partial charge in [0.2, 0.25) is 8.32 Å². The topological polar surface area (TPSA) is 47.9 Å². The van der Waals surface area contributed by atoms with Crippen molar-refractivity contribution in [2.24, 2.45) is 0 Å². The highest BCUT2D eigenvalue weighted by Crippen LogP contribution is 2.44. The predicted molar refractivity (Wildman–Crippen MR) is 187 cm³/mol. The second-order valence-corrected chi connectivity index (χ2v) is 24.1. The normalized spacial score (nSPS) is 18.3. The molecule has 6 heteroatoms. The van der Waals surface area contributed by atoms with Crippen LogP contribution in [0.1, 0.15) is 101 Å².